The van der Waals surface area contributed by atoms with Crippen LogP contribution in [-0.2, 0) is 28.1 Å². The lowest BCUT2D eigenvalue weighted by Gasteiger charge is -2.28. The van der Waals surface area contributed by atoms with Crippen molar-refractivity contribution in [3.63, 3.8) is 0 Å². The van der Waals surface area contributed by atoms with Gasteiger partial charge in [-0.25, -0.2) is 14.1 Å². The predicted octanol–water partition coefficient (Wildman–Crippen LogP) is 0.881. The number of nitrogens with two attached hydrogens (primary N) is 1. The zero-order chi connectivity index (χ0) is 29.2. The largest absolute Gasteiger partial charge is 0.459 e. The summed E-state index contributed by atoms with van der Waals surface area (Å²) >= 11 is 0. The second kappa shape index (κ2) is 11.7. The summed E-state index contributed by atoms with van der Waals surface area (Å²) in [6.07, 6.45) is -3.33. The normalized spacial score (nSPS) is 28.1. The van der Waals surface area contributed by atoms with Crippen molar-refractivity contribution >= 4 is 25.1 Å². The second-order valence-electron chi connectivity index (χ2n) is 9.62. The SMILES string of the molecule is C[C@H](NP(=O)(OC[C@@]1(C#N)O[C@@H](c2ccc3c(N)ncnn23)[C@H](O)[C@@H]1O)Oc1ccccc1)C(=O)O[C@H]1CCOC1. The van der Waals surface area contributed by atoms with E-state index >= 15 is 0 Å². The lowest BCUT2D eigenvalue weighted by molar-refractivity contribution is -0.150. The van der Waals surface area contributed by atoms with E-state index < -0.39 is 56.4 Å². The molecule has 2 aliphatic heterocycles. The molecule has 2 saturated heterocycles. The topological polar surface area (TPSA) is 213 Å². The number of ether oxygens (including phenoxy) is 3. The molecule has 1 unspecified atom stereocenters. The number of nitriles is 1. The van der Waals surface area contributed by atoms with Gasteiger partial charge in [0, 0.05) is 6.42 Å². The number of hydrogen-bond acceptors (Lipinski definition) is 13. The fourth-order valence-corrected chi connectivity index (χ4v) is 6.05. The van der Waals surface area contributed by atoms with E-state index in [1.165, 1.54) is 29.9 Å². The third-order valence-electron chi connectivity index (χ3n) is 6.73. The molecule has 5 rings (SSSR count). The number of carbonyl (C=O) groups excluding carboxylic acids is 1. The Labute approximate surface area is 234 Å². The molecule has 2 aliphatic rings. The molecule has 2 aromatic heterocycles. The number of benzene rings is 1. The number of nitrogens with one attached hydrogen (secondary N) is 1. The molecule has 0 bridgehead atoms. The Morgan fingerprint density at radius 1 is 1.34 bits per heavy atom. The average molecular weight is 589 g/mol. The third kappa shape index (κ3) is 5.90. The summed E-state index contributed by atoms with van der Waals surface area (Å²) in [6.45, 7) is 1.32. The van der Waals surface area contributed by atoms with Crippen LogP contribution in [0.5, 0.6) is 5.75 Å². The summed E-state index contributed by atoms with van der Waals surface area (Å²) < 4.78 is 43.0. The Hall–Kier alpha value is -3.61. The number of aromatic nitrogens is 3. The van der Waals surface area contributed by atoms with Gasteiger partial charge in [-0.1, -0.05) is 18.2 Å². The molecule has 41 heavy (non-hydrogen) atoms. The molecule has 1 aromatic carbocycles. The number of aliphatic hydroxyl groups excluding tert-OH is 2. The van der Waals surface area contributed by atoms with Crippen LogP contribution >= 0.6 is 7.75 Å². The van der Waals surface area contributed by atoms with E-state index in [1.54, 1.807) is 30.3 Å². The number of aliphatic hydroxyl groups is 2. The number of carbonyl (C=O) groups is 1. The number of para-hydroxylation sites is 1. The van der Waals surface area contributed by atoms with Crippen LogP contribution < -0.4 is 15.3 Å². The summed E-state index contributed by atoms with van der Waals surface area (Å²) in [5, 5.41) is 38.5. The van der Waals surface area contributed by atoms with Crippen molar-refractivity contribution in [3.05, 3.63) is 54.5 Å². The molecule has 218 valence electrons. The van der Waals surface area contributed by atoms with Crippen molar-refractivity contribution in [2.24, 2.45) is 0 Å². The van der Waals surface area contributed by atoms with Crippen LogP contribution in [-0.4, -0.2) is 80.6 Å². The maximum atomic E-state index is 13.9. The molecule has 7 atom stereocenters. The van der Waals surface area contributed by atoms with Crippen molar-refractivity contribution in [2.75, 3.05) is 25.6 Å². The fourth-order valence-electron chi connectivity index (χ4n) is 4.53. The smallest absolute Gasteiger partial charge is 0.459 e. The Balaban J connectivity index is 1.36. The molecule has 0 radical (unpaired) electrons. The summed E-state index contributed by atoms with van der Waals surface area (Å²) in [7, 11) is -4.42. The van der Waals surface area contributed by atoms with E-state index in [4.69, 9.17) is 29.0 Å². The van der Waals surface area contributed by atoms with Gasteiger partial charge in [0.05, 0.1) is 18.9 Å². The summed E-state index contributed by atoms with van der Waals surface area (Å²) in [4.78, 5) is 16.6. The van der Waals surface area contributed by atoms with Gasteiger partial charge >= 0.3 is 13.7 Å². The highest BCUT2D eigenvalue weighted by molar-refractivity contribution is 7.52. The zero-order valence-electron chi connectivity index (χ0n) is 21.9. The van der Waals surface area contributed by atoms with Crippen molar-refractivity contribution in [3.8, 4) is 11.8 Å². The highest BCUT2D eigenvalue weighted by Crippen LogP contribution is 2.48. The van der Waals surface area contributed by atoms with Gasteiger partial charge < -0.3 is 34.7 Å². The van der Waals surface area contributed by atoms with E-state index in [1.807, 2.05) is 6.07 Å². The van der Waals surface area contributed by atoms with E-state index in [2.05, 4.69) is 15.2 Å². The van der Waals surface area contributed by atoms with Gasteiger partial charge in [-0.3, -0.25) is 9.32 Å². The van der Waals surface area contributed by atoms with Crippen LogP contribution in [0.25, 0.3) is 5.52 Å². The van der Waals surface area contributed by atoms with Gasteiger partial charge in [0.25, 0.3) is 0 Å². The lowest BCUT2D eigenvalue weighted by Crippen LogP contribution is -2.46. The third-order valence-corrected chi connectivity index (χ3v) is 8.36. The predicted molar refractivity (Wildman–Crippen MR) is 140 cm³/mol. The summed E-state index contributed by atoms with van der Waals surface area (Å²) in [5.74, 6) is -0.404. The van der Waals surface area contributed by atoms with Crippen molar-refractivity contribution in [1.82, 2.24) is 19.7 Å². The number of esters is 1. The molecule has 0 saturated carbocycles. The van der Waals surface area contributed by atoms with Crippen LogP contribution in [0.15, 0.2) is 48.8 Å². The Morgan fingerprint density at radius 3 is 2.83 bits per heavy atom. The number of anilines is 1. The Morgan fingerprint density at radius 2 is 2.12 bits per heavy atom. The van der Waals surface area contributed by atoms with Crippen LogP contribution in [0.1, 0.15) is 25.1 Å². The van der Waals surface area contributed by atoms with Crippen molar-refractivity contribution < 1.29 is 42.8 Å². The van der Waals surface area contributed by atoms with Gasteiger partial charge in [0.15, 0.2) is 5.82 Å². The monoisotopic (exact) mass is 588 g/mol. The molecule has 3 aromatic rings. The number of fused-ring (bicyclic) bond motifs is 1. The van der Waals surface area contributed by atoms with Crippen molar-refractivity contribution in [1.29, 1.82) is 5.26 Å². The van der Waals surface area contributed by atoms with Gasteiger partial charge in [0.1, 0.15) is 60.7 Å². The quantitative estimate of drug-likeness (QED) is 0.191. The minimum atomic E-state index is -4.42. The highest BCUT2D eigenvalue weighted by atomic mass is 31.2. The molecule has 4 heterocycles. The first-order valence-electron chi connectivity index (χ1n) is 12.7. The Kier molecular flexibility index (Phi) is 8.25. The van der Waals surface area contributed by atoms with E-state index in [9.17, 15) is 24.8 Å². The van der Waals surface area contributed by atoms with E-state index in [0.29, 0.717) is 18.5 Å². The number of rotatable bonds is 10. The van der Waals surface area contributed by atoms with E-state index in [-0.39, 0.29) is 23.9 Å². The first-order valence-corrected chi connectivity index (χ1v) is 14.3. The molecule has 2 fully saturated rings. The number of hydrogen-bond donors (Lipinski definition) is 4. The molecule has 15 nitrogen and oxygen atoms in total. The minimum Gasteiger partial charge on any atom is -0.459 e. The average Bonchev–Trinajstić information content (AvgIpc) is 3.69. The lowest BCUT2D eigenvalue weighted by atomic mass is 9.96. The van der Waals surface area contributed by atoms with Crippen LogP contribution in [0, 0.1) is 11.3 Å². The summed E-state index contributed by atoms with van der Waals surface area (Å²) in [5.41, 5.74) is 4.41. The summed E-state index contributed by atoms with van der Waals surface area (Å²) in [6, 6.07) is 11.9. The minimum absolute atomic E-state index is 0.141. The maximum Gasteiger partial charge on any atom is 0.459 e. The number of nitrogen functional groups attached to an aromatic ring is 1. The van der Waals surface area contributed by atoms with E-state index in [0.717, 1.165) is 0 Å². The first kappa shape index (κ1) is 28.9. The zero-order valence-corrected chi connectivity index (χ0v) is 22.8. The van der Waals surface area contributed by atoms with Crippen LogP contribution in [0.2, 0.25) is 0 Å². The van der Waals surface area contributed by atoms with Gasteiger partial charge in [0.2, 0.25) is 5.60 Å². The molecular weight excluding hydrogens is 559 g/mol. The van der Waals surface area contributed by atoms with Crippen LogP contribution in [0.4, 0.5) is 5.82 Å². The van der Waals surface area contributed by atoms with Crippen molar-refractivity contribution in [2.45, 2.75) is 49.4 Å². The second-order valence-corrected chi connectivity index (χ2v) is 11.3. The first-order chi connectivity index (χ1) is 19.6. The highest BCUT2D eigenvalue weighted by Gasteiger charge is 2.57. The fraction of sp³-hybridized carbons (Fsp3) is 0.440. The van der Waals surface area contributed by atoms with Gasteiger partial charge in [-0.15, -0.1) is 0 Å². The molecule has 0 aliphatic carbocycles. The molecular formula is C25H29N6O9P. The molecule has 0 amide bonds. The van der Waals surface area contributed by atoms with Gasteiger partial charge in [-0.05, 0) is 31.2 Å². The molecule has 16 heteroatoms. The van der Waals surface area contributed by atoms with Gasteiger partial charge in [-0.2, -0.15) is 15.4 Å². The number of nitrogens with zero attached hydrogens (tertiary/aromatic N) is 4. The maximum absolute atomic E-state index is 13.9. The van der Waals surface area contributed by atoms with Crippen LogP contribution in [0.3, 0.4) is 0 Å². The molecule has 0 spiro atoms. The standard InChI is InChI=1S/C25H29N6O9P/c1-15(24(34)38-17-9-10-36-11-17)30-41(35,40-16-5-3-2-4-6-16)37-13-25(12-26)22(33)20(32)21(39-25)18-7-8-19-23(27)28-14-29-31(18)19/h2-8,14-15,17,20-22,32-33H,9-11,13H2,1H3,(H,30,35)(H2,27,28,29)/t15-,17-,20-,21-,22-,25+,41?/m0/s1. The molecule has 5 N–H and O–H groups in total. The Bertz CT molecular complexity index is 1480.